The number of nitrogen functional groups attached to an aromatic ring is 1. The highest BCUT2D eigenvalue weighted by Gasteiger charge is 2.41. The minimum absolute atomic E-state index is 0.115. The van der Waals surface area contributed by atoms with E-state index in [4.69, 9.17) is 5.73 Å². The van der Waals surface area contributed by atoms with Crippen LogP contribution in [0.5, 0.6) is 0 Å². The predicted molar refractivity (Wildman–Crippen MR) is 128 cm³/mol. The van der Waals surface area contributed by atoms with Crippen molar-refractivity contribution in [2.75, 3.05) is 24.1 Å². The van der Waals surface area contributed by atoms with Crippen molar-refractivity contribution >= 4 is 28.8 Å². The molecule has 1 amide bonds. The molecule has 1 atom stereocenters. The summed E-state index contributed by atoms with van der Waals surface area (Å²) in [7, 11) is 0. The summed E-state index contributed by atoms with van der Waals surface area (Å²) in [5, 5.41) is 7.06. The molecule has 5 rings (SSSR count). The average molecular weight is 481 g/mol. The van der Waals surface area contributed by atoms with Crippen LogP contribution in [0.1, 0.15) is 37.3 Å². The van der Waals surface area contributed by atoms with Gasteiger partial charge in [-0.1, -0.05) is 6.08 Å². The number of aromatic nitrogens is 3. The maximum absolute atomic E-state index is 13.5. The fourth-order valence-electron chi connectivity index (χ4n) is 4.47. The summed E-state index contributed by atoms with van der Waals surface area (Å²) in [6.45, 7) is 3.28. The van der Waals surface area contributed by atoms with Crippen molar-refractivity contribution in [3.05, 3.63) is 59.7 Å². The maximum Gasteiger partial charge on any atom is 0.276 e. The van der Waals surface area contributed by atoms with Crippen LogP contribution in [-0.2, 0) is 11.3 Å². The number of anilines is 2. The number of halogens is 2. The first kappa shape index (κ1) is 23.0. The van der Waals surface area contributed by atoms with Crippen molar-refractivity contribution in [2.24, 2.45) is 5.10 Å². The van der Waals surface area contributed by atoms with Crippen LogP contribution < -0.4 is 16.5 Å². The van der Waals surface area contributed by atoms with Crippen molar-refractivity contribution in [1.82, 2.24) is 25.3 Å². The van der Waals surface area contributed by atoms with Gasteiger partial charge >= 0.3 is 0 Å². The number of allylic oxidation sites excluding steroid dienone is 2. The van der Waals surface area contributed by atoms with E-state index in [1.807, 2.05) is 24.0 Å². The van der Waals surface area contributed by atoms with Gasteiger partial charge in [0.2, 0.25) is 5.95 Å². The van der Waals surface area contributed by atoms with Crippen LogP contribution in [0, 0.1) is 0 Å². The lowest BCUT2D eigenvalue weighted by Gasteiger charge is -2.31. The van der Waals surface area contributed by atoms with Crippen LogP contribution in [0.4, 0.5) is 20.4 Å². The van der Waals surface area contributed by atoms with Gasteiger partial charge in [0.25, 0.3) is 11.8 Å². The van der Waals surface area contributed by atoms with Gasteiger partial charge in [0, 0.05) is 56.0 Å². The molecule has 0 aromatic carbocycles. The topological polar surface area (TPSA) is 121 Å². The van der Waals surface area contributed by atoms with Gasteiger partial charge in [-0.05, 0) is 36.6 Å². The Bertz CT molecular complexity index is 1230. The average Bonchev–Trinajstić information content (AvgIpc) is 3.19. The molecule has 35 heavy (non-hydrogen) atoms. The van der Waals surface area contributed by atoms with Gasteiger partial charge in [0.15, 0.2) is 5.71 Å². The van der Waals surface area contributed by atoms with E-state index in [0.29, 0.717) is 31.7 Å². The Kier molecular flexibility index (Phi) is 5.79. The molecule has 11 heteroatoms. The summed E-state index contributed by atoms with van der Waals surface area (Å²) in [4.78, 5) is 27.1. The first-order valence-corrected chi connectivity index (χ1v) is 11.4. The molecule has 2 aromatic heterocycles. The molecular weight excluding hydrogens is 454 g/mol. The summed E-state index contributed by atoms with van der Waals surface area (Å²) in [6.07, 6.45) is 10.8. The third-order valence-electron chi connectivity index (χ3n) is 6.56. The molecule has 0 bridgehead atoms. The summed E-state index contributed by atoms with van der Waals surface area (Å²) in [6, 6.07) is 2.02. The summed E-state index contributed by atoms with van der Waals surface area (Å²) in [5.41, 5.74) is 12.3. The van der Waals surface area contributed by atoms with E-state index in [-0.39, 0.29) is 30.4 Å². The molecule has 182 valence electrons. The number of pyridine rings is 1. The van der Waals surface area contributed by atoms with Crippen molar-refractivity contribution in [3.8, 4) is 0 Å². The lowest BCUT2D eigenvalue weighted by molar-refractivity contribution is -0.110. The molecule has 4 heterocycles. The second kappa shape index (κ2) is 8.81. The Morgan fingerprint density at radius 1 is 1.20 bits per heavy atom. The predicted octanol–water partition coefficient (Wildman–Crippen LogP) is 2.75. The number of piperidine rings is 1. The van der Waals surface area contributed by atoms with E-state index in [2.05, 4.69) is 36.9 Å². The molecule has 1 unspecified atom stereocenters. The third-order valence-corrected chi connectivity index (χ3v) is 6.56. The van der Waals surface area contributed by atoms with Crippen molar-refractivity contribution in [2.45, 2.75) is 44.2 Å². The summed E-state index contributed by atoms with van der Waals surface area (Å²) in [5.74, 6) is -2.82. The van der Waals surface area contributed by atoms with E-state index in [9.17, 15) is 13.6 Å². The Hall–Kier alpha value is -3.73. The number of carbonyl (C=O) groups is 1. The molecule has 0 radical (unpaired) electrons. The van der Waals surface area contributed by atoms with Crippen LogP contribution in [0.2, 0.25) is 0 Å². The van der Waals surface area contributed by atoms with Crippen molar-refractivity contribution < 1.29 is 13.6 Å². The Morgan fingerprint density at radius 2 is 1.94 bits per heavy atom. The Balaban J connectivity index is 1.33. The smallest absolute Gasteiger partial charge is 0.276 e. The maximum atomic E-state index is 13.5. The molecule has 2 aromatic rings. The van der Waals surface area contributed by atoms with Gasteiger partial charge in [-0.25, -0.2) is 18.7 Å². The van der Waals surface area contributed by atoms with Crippen LogP contribution in [-0.4, -0.2) is 56.0 Å². The molecule has 1 saturated heterocycles. The van der Waals surface area contributed by atoms with Crippen LogP contribution in [0.25, 0.3) is 5.57 Å². The van der Waals surface area contributed by atoms with E-state index in [1.165, 1.54) is 12.4 Å². The fourth-order valence-corrected chi connectivity index (χ4v) is 4.47. The molecular formula is C24H26F2N8O. The second-order valence-corrected chi connectivity index (χ2v) is 9.32. The van der Waals surface area contributed by atoms with Crippen molar-refractivity contribution in [3.63, 3.8) is 0 Å². The van der Waals surface area contributed by atoms with E-state index >= 15 is 0 Å². The molecule has 4 N–H and O–H groups in total. The summed E-state index contributed by atoms with van der Waals surface area (Å²) < 4.78 is 27.0. The lowest BCUT2D eigenvalue weighted by atomic mass is 9.80. The number of fused-ring (bicyclic) bond motifs is 1. The highest BCUT2D eigenvalue weighted by atomic mass is 19.3. The number of nitrogens with zero attached hydrogens (tertiary/aromatic N) is 5. The number of nitrogens with one attached hydrogen (secondary N) is 2. The zero-order valence-electron chi connectivity index (χ0n) is 19.3. The highest BCUT2D eigenvalue weighted by Crippen LogP contribution is 2.36. The Morgan fingerprint density at radius 3 is 2.69 bits per heavy atom. The summed E-state index contributed by atoms with van der Waals surface area (Å²) >= 11 is 0. The minimum Gasteiger partial charge on any atom is -0.368 e. The number of nitrogens with two attached hydrogens (primary N) is 1. The first-order valence-electron chi connectivity index (χ1n) is 11.4. The number of rotatable bonds is 5. The number of carbonyl (C=O) groups excluding carboxylic acids is 1. The van der Waals surface area contributed by atoms with Crippen LogP contribution in [0.15, 0.2) is 53.7 Å². The number of amides is 1. The first-order chi connectivity index (χ1) is 16.7. The van der Waals surface area contributed by atoms with E-state index in [0.717, 1.165) is 22.3 Å². The number of hydrogen-bond donors (Lipinski definition) is 3. The number of hydrogen-bond acceptors (Lipinski definition) is 8. The molecule has 1 fully saturated rings. The lowest BCUT2D eigenvalue weighted by Crippen LogP contribution is -2.39. The molecule has 9 nitrogen and oxygen atoms in total. The normalized spacial score (nSPS) is 23.5. The largest absolute Gasteiger partial charge is 0.368 e. The molecule has 2 aliphatic heterocycles. The molecule has 0 spiro atoms. The number of hydrazone groups is 1. The highest BCUT2D eigenvalue weighted by molar-refractivity contribution is 6.50. The number of alkyl halides is 2. The zero-order chi connectivity index (χ0) is 24.6. The van der Waals surface area contributed by atoms with Gasteiger partial charge in [-0.15, -0.1) is 0 Å². The van der Waals surface area contributed by atoms with E-state index < -0.39 is 11.5 Å². The zero-order valence-corrected chi connectivity index (χ0v) is 19.3. The van der Waals surface area contributed by atoms with Gasteiger partial charge in [-0.3, -0.25) is 20.1 Å². The van der Waals surface area contributed by atoms with Crippen LogP contribution >= 0.6 is 0 Å². The SMILES string of the molecule is CC12CC=C(c3cncc(CN4CCC(F)(F)CC4)c3)C=C1C(C(=O)Nc1cnc(N)nc1)=NN2. The van der Waals surface area contributed by atoms with Crippen LogP contribution in [0.3, 0.4) is 0 Å². The monoisotopic (exact) mass is 480 g/mol. The van der Waals surface area contributed by atoms with E-state index in [1.54, 1.807) is 12.4 Å². The molecule has 3 aliphatic rings. The number of likely N-dealkylation sites (tertiary alicyclic amines) is 1. The Labute approximate surface area is 201 Å². The quantitative estimate of drug-likeness (QED) is 0.602. The van der Waals surface area contributed by atoms with Gasteiger partial charge in [-0.2, -0.15) is 5.10 Å². The standard InChI is InChI=1S/C24H26F2N8O/c1-23-3-2-16(17-8-15(10-28-11-17)14-34-6-4-24(25,26)5-7-34)9-19(23)20(32-33-23)21(35)31-18-12-29-22(27)30-13-18/h2,8-13,33H,3-7,14H2,1H3,(H,31,35)(H2,27,29,30). The second-order valence-electron chi connectivity index (χ2n) is 9.32. The van der Waals surface area contributed by atoms with Gasteiger partial charge in [0.1, 0.15) is 0 Å². The molecule has 1 aliphatic carbocycles. The molecule has 0 saturated carbocycles. The van der Waals surface area contributed by atoms with Crippen molar-refractivity contribution in [1.29, 1.82) is 0 Å². The minimum atomic E-state index is -2.57. The van der Waals surface area contributed by atoms with Gasteiger partial charge in [0.05, 0.1) is 23.6 Å². The van der Waals surface area contributed by atoms with Gasteiger partial charge < -0.3 is 11.1 Å². The fraction of sp³-hybridized carbons (Fsp3) is 0.375. The third kappa shape index (κ3) is 4.90.